The minimum atomic E-state index is -1.04. The monoisotopic (exact) mass is 615 g/mol. The van der Waals surface area contributed by atoms with Crippen LogP contribution in [0, 0.1) is 0 Å². The lowest BCUT2D eigenvalue weighted by atomic mass is 10.1. The number of aromatic nitrogens is 3. The van der Waals surface area contributed by atoms with Gasteiger partial charge in [0.05, 0.1) is 33.5 Å². The SMILES string of the molecule is COc1cccc(Nc2nc(NCCOCCOCCNC(=O)c3ccccc3)nc(N[C@@H](Cc3ccccc3)C(=O)O)n2)c1. The van der Waals surface area contributed by atoms with Gasteiger partial charge in [-0.05, 0) is 29.8 Å². The first kappa shape index (κ1) is 32.6. The number of hydrogen-bond donors (Lipinski definition) is 5. The molecule has 13 heteroatoms. The minimum Gasteiger partial charge on any atom is -0.497 e. The van der Waals surface area contributed by atoms with Crippen LogP contribution in [0.2, 0.25) is 0 Å². The molecule has 13 nitrogen and oxygen atoms in total. The topological polar surface area (TPSA) is 169 Å². The first-order valence-corrected chi connectivity index (χ1v) is 14.4. The third-order valence-electron chi connectivity index (χ3n) is 6.31. The molecule has 1 amide bonds. The largest absolute Gasteiger partial charge is 0.497 e. The Kier molecular flexibility index (Phi) is 12.9. The van der Waals surface area contributed by atoms with E-state index in [1.807, 2.05) is 66.7 Å². The molecule has 1 heterocycles. The van der Waals surface area contributed by atoms with E-state index in [9.17, 15) is 14.7 Å². The fourth-order valence-corrected chi connectivity index (χ4v) is 4.10. The van der Waals surface area contributed by atoms with E-state index >= 15 is 0 Å². The zero-order chi connectivity index (χ0) is 31.7. The normalized spacial score (nSPS) is 11.3. The van der Waals surface area contributed by atoms with Crippen molar-refractivity contribution in [3.05, 3.63) is 96.1 Å². The summed E-state index contributed by atoms with van der Waals surface area (Å²) >= 11 is 0. The smallest absolute Gasteiger partial charge is 0.326 e. The van der Waals surface area contributed by atoms with Crippen molar-refractivity contribution >= 4 is 35.4 Å². The average molecular weight is 616 g/mol. The molecule has 0 saturated carbocycles. The first-order valence-electron chi connectivity index (χ1n) is 14.4. The van der Waals surface area contributed by atoms with Gasteiger partial charge in [-0.1, -0.05) is 54.6 Å². The molecule has 0 unspecified atom stereocenters. The standard InChI is InChI=1S/C32H37N7O6/c1-43-26-14-8-13-25(22-26)35-31-37-30(38-32(39-31)36-27(29(41)42)21-23-9-4-2-5-10-23)34-16-18-45-20-19-44-17-15-33-28(40)24-11-6-3-7-12-24/h2-14,22,27H,15-21H2,1H3,(H,33,40)(H,41,42)(H3,34,35,36,37,38,39)/t27-/m0/s1. The van der Waals surface area contributed by atoms with E-state index in [4.69, 9.17) is 14.2 Å². The molecule has 1 atom stereocenters. The maximum atomic E-state index is 12.1. The van der Waals surface area contributed by atoms with Gasteiger partial charge in [0.25, 0.3) is 5.91 Å². The molecule has 0 aliphatic carbocycles. The maximum absolute atomic E-state index is 12.1. The van der Waals surface area contributed by atoms with Gasteiger partial charge >= 0.3 is 5.97 Å². The highest BCUT2D eigenvalue weighted by Gasteiger charge is 2.20. The van der Waals surface area contributed by atoms with Crippen molar-refractivity contribution in [1.82, 2.24) is 20.3 Å². The molecule has 0 aliphatic rings. The Balaban J connectivity index is 1.27. The van der Waals surface area contributed by atoms with Gasteiger partial charge in [0, 0.05) is 36.8 Å². The van der Waals surface area contributed by atoms with Gasteiger partial charge in [-0.2, -0.15) is 15.0 Å². The van der Waals surface area contributed by atoms with E-state index in [-0.39, 0.29) is 30.2 Å². The molecule has 3 aromatic carbocycles. The second kappa shape index (κ2) is 17.8. The number of nitrogens with zero attached hydrogens (tertiary/aromatic N) is 3. The molecule has 0 spiro atoms. The summed E-state index contributed by atoms with van der Waals surface area (Å²) in [7, 11) is 1.58. The van der Waals surface area contributed by atoms with E-state index in [1.54, 1.807) is 25.3 Å². The zero-order valence-electron chi connectivity index (χ0n) is 24.9. The second-order valence-electron chi connectivity index (χ2n) is 9.66. The number of carboxylic acid groups (broad SMARTS) is 1. The van der Waals surface area contributed by atoms with Crippen LogP contribution in [-0.2, 0) is 20.7 Å². The Morgan fingerprint density at radius 2 is 1.44 bits per heavy atom. The third kappa shape index (κ3) is 11.4. The molecule has 4 aromatic rings. The highest BCUT2D eigenvalue weighted by Crippen LogP contribution is 2.21. The summed E-state index contributed by atoms with van der Waals surface area (Å²) < 4.78 is 16.4. The van der Waals surface area contributed by atoms with E-state index in [0.29, 0.717) is 56.5 Å². The van der Waals surface area contributed by atoms with Crippen molar-refractivity contribution in [2.24, 2.45) is 0 Å². The number of carbonyl (C=O) groups excluding carboxylic acids is 1. The molecular weight excluding hydrogens is 578 g/mol. The highest BCUT2D eigenvalue weighted by molar-refractivity contribution is 5.94. The molecule has 1 aromatic heterocycles. The number of methoxy groups -OCH3 is 1. The average Bonchev–Trinajstić information content (AvgIpc) is 3.06. The summed E-state index contributed by atoms with van der Waals surface area (Å²) in [5.41, 5.74) is 2.14. The summed E-state index contributed by atoms with van der Waals surface area (Å²) in [4.78, 5) is 37.3. The van der Waals surface area contributed by atoms with Crippen LogP contribution in [0.3, 0.4) is 0 Å². The molecule has 5 N–H and O–H groups in total. The lowest BCUT2D eigenvalue weighted by molar-refractivity contribution is -0.137. The summed E-state index contributed by atoms with van der Waals surface area (Å²) in [6, 6.07) is 24.6. The molecule has 0 bridgehead atoms. The van der Waals surface area contributed by atoms with E-state index in [2.05, 4.69) is 36.2 Å². The lowest BCUT2D eigenvalue weighted by Gasteiger charge is -2.16. The number of ether oxygens (including phenoxy) is 3. The molecular formula is C32H37N7O6. The second-order valence-corrected chi connectivity index (χ2v) is 9.66. The molecule has 0 fully saturated rings. The molecule has 4 rings (SSSR count). The Bertz CT molecular complexity index is 1490. The Hall–Kier alpha value is -5.27. The quantitative estimate of drug-likeness (QED) is 0.0974. The van der Waals surface area contributed by atoms with Gasteiger partial charge in [0.1, 0.15) is 11.8 Å². The fourth-order valence-electron chi connectivity index (χ4n) is 4.10. The van der Waals surface area contributed by atoms with Crippen LogP contribution in [0.25, 0.3) is 0 Å². The number of aliphatic carboxylic acids is 1. The number of rotatable bonds is 19. The number of nitrogens with one attached hydrogen (secondary N) is 4. The summed E-state index contributed by atoms with van der Waals surface area (Å²) in [6.45, 7) is 2.21. The summed E-state index contributed by atoms with van der Waals surface area (Å²) in [5.74, 6) is 0.00376. The van der Waals surface area contributed by atoms with Crippen LogP contribution in [0.15, 0.2) is 84.9 Å². The van der Waals surface area contributed by atoms with Crippen molar-refractivity contribution in [3.63, 3.8) is 0 Å². The minimum absolute atomic E-state index is 0.0925. The van der Waals surface area contributed by atoms with Crippen LogP contribution in [0.5, 0.6) is 5.75 Å². The van der Waals surface area contributed by atoms with E-state index in [1.165, 1.54) is 0 Å². The summed E-state index contributed by atoms with van der Waals surface area (Å²) in [5, 5.41) is 21.8. The fraction of sp³-hybridized carbons (Fsp3) is 0.281. The zero-order valence-corrected chi connectivity index (χ0v) is 24.9. The van der Waals surface area contributed by atoms with Crippen molar-refractivity contribution in [2.75, 3.05) is 62.6 Å². The van der Waals surface area contributed by atoms with Crippen LogP contribution in [0.1, 0.15) is 15.9 Å². The molecule has 0 saturated heterocycles. The van der Waals surface area contributed by atoms with Crippen LogP contribution < -0.4 is 26.0 Å². The number of amides is 1. The van der Waals surface area contributed by atoms with Gasteiger partial charge in [0.2, 0.25) is 17.8 Å². The van der Waals surface area contributed by atoms with Crippen molar-refractivity contribution < 1.29 is 28.9 Å². The molecule has 45 heavy (non-hydrogen) atoms. The number of carbonyl (C=O) groups is 2. The van der Waals surface area contributed by atoms with Crippen molar-refractivity contribution in [3.8, 4) is 5.75 Å². The summed E-state index contributed by atoms with van der Waals surface area (Å²) in [6.07, 6.45) is 0.235. The number of anilines is 4. The first-order chi connectivity index (χ1) is 22.0. The van der Waals surface area contributed by atoms with Gasteiger partial charge in [-0.25, -0.2) is 4.79 Å². The lowest BCUT2D eigenvalue weighted by Crippen LogP contribution is -2.32. The Labute approximate surface area is 261 Å². The van der Waals surface area contributed by atoms with Crippen molar-refractivity contribution in [1.29, 1.82) is 0 Å². The maximum Gasteiger partial charge on any atom is 0.326 e. The van der Waals surface area contributed by atoms with E-state index in [0.717, 1.165) is 5.56 Å². The molecule has 236 valence electrons. The number of benzene rings is 3. The van der Waals surface area contributed by atoms with Gasteiger partial charge in [0.15, 0.2) is 0 Å². The Morgan fingerprint density at radius 3 is 2.16 bits per heavy atom. The van der Waals surface area contributed by atoms with Crippen molar-refractivity contribution in [2.45, 2.75) is 12.5 Å². The highest BCUT2D eigenvalue weighted by atomic mass is 16.5. The van der Waals surface area contributed by atoms with Crippen LogP contribution in [0.4, 0.5) is 23.5 Å². The predicted octanol–water partition coefficient (Wildman–Crippen LogP) is 3.61. The van der Waals surface area contributed by atoms with Gasteiger partial charge in [-0.3, -0.25) is 4.79 Å². The van der Waals surface area contributed by atoms with Gasteiger partial charge in [-0.15, -0.1) is 0 Å². The van der Waals surface area contributed by atoms with Crippen LogP contribution >= 0.6 is 0 Å². The van der Waals surface area contributed by atoms with Crippen LogP contribution in [-0.4, -0.2) is 84.6 Å². The third-order valence-corrected chi connectivity index (χ3v) is 6.31. The van der Waals surface area contributed by atoms with Gasteiger partial charge < -0.3 is 40.6 Å². The van der Waals surface area contributed by atoms with E-state index < -0.39 is 12.0 Å². The predicted molar refractivity (Wildman–Crippen MR) is 170 cm³/mol. The molecule has 0 radical (unpaired) electrons. The molecule has 0 aliphatic heterocycles. The Morgan fingerprint density at radius 1 is 0.778 bits per heavy atom. The number of hydrogen-bond acceptors (Lipinski definition) is 11. The number of carboxylic acids is 1.